The molecule has 1 amide bonds. The molecule has 0 spiro atoms. The molecule has 0 fully saturated rings. The van der Waals surface area contributed by atoms with Gasteiger partial charge >= 0.3 is 0 Å². The Kier molecular flexibility index (Phi) is 4.94. The number of amides is 1. The van der Waals surface area contributed by atoms with Crippen molar-refractivity contribution in [1.82, 2.24) is 5.32 Å². The van der Waals surface area contributed by atoms with Crippen LogP contribution < -0.4 is 11.1 Å². The van der Waals surface area contributed by atoms with Crippen LogP contribution >= 0.6 is 11.3 Å². The maximum absolute atomic E-state index is 12.1. The average Bonchev–Trinajstić information content (AvgIpc) is 2.90. The lowest BCUT2D eigenvalue weighted by Crippen LogP contribution is -2.22. The van der Waals surface area contributed by atoms with Crippen molar-refractivity contribution in [3.05, 3.63) is 57.3 Å². The quantitative estimate of drug-likeness (QED) is 0.850. The van der Waals surface area contributed by atoms with E-state index < -0.39 is 0 Å². The van der Waals surface area contributed by atoms with Gasteiger partial charge in [0.15, 0.2) is 0 Å². The molecule has 102 valence electrons. The number of hydrogen-bond donors (Lipinski definition) is 2. The molecule has 0 radical (unpaired) electrons. The molecule has 1 heterocycles. The van der Waals surface area contributed by atoms with Gasteiger partial charge in [0.25, 0.3) is 5.91 Å². The minimum Gasteiger partial charge on any atom is -0.347 e. The fraction of sp³-hybridized carbons (Fsp3) is 0.188. The van der Waals surface area contributed by atoms with Crippen molar-refractivity contribution in [3.8, 4) is 11.8 Å². The van der Waals surface area contributed by atoms with E-state index >= 15 is 0 Å². The van der Waals surface area contributed by atoms with E-state index in [4.69, 9.17) is 5.73 Å². The van der Waals surface area contributed by atoms with E-state index in [2.05, 4.69) is 17.2 Å². The Bertz CT molecular complexity index is 664. The van der Waals surface area contributed by atoms with Crippen molar-refractivity contribution in [2.24, 2.45) is 5.73 Å². The summed E-state index contributed by atoms with van der Waals surface area (Å²) in [5.41, 5.74) is 8.05. The van der Waals surface area contributed by atoms with Crippen LogP contribution in [0.15, 0.2) is 35.7 Å². The smallest absolute Gasteiger partial charge is 0.251 e. The van der Waals surface area contributed by atoms with Crippen LogP contribution in [0.25, 0.3) is 0 Å². The molecule has 3 N–H and O–H groups in total. The molecule has 3 nitrogen and oxygen atoms in total. The Hall–Kier alpha value is -2.09. The van der Waals surface area contributed by atoms with Gasteiger partial charge in [-0.2, -0.15) is 0 Å². The fourth-order valence-electron chi connectivity index (χ4n) is 1.78. The van der Waals surface area contributed by atoms with Crippen molar-refractivity contribution in [1.29, 1.82) is 0 Å². The molecule has 2 rings (SSSR count). The molecular weight excluding hydrogens is 268 g/mol. The molecule has 1 aromatic carbocycles. The summed E-state index contributed by atoms with van der Waals surface area (Å²) in [4.78, 5) is 13.1. The second-order valence-corrected chi connectivity index (χ2v) is 5.32. The minimum absolute atomic E-state index is 0.0696. The maximum Gasteiger partial charge on any atom is 0.251 e. The van der Waals surface area contributed by atoms with Crippen LogP contribution in [0.5, 0.6) is 0 Å². The molecule has 0 aliphatic carbocycles. The van der Waals surface area contributed by atoms with Gasteiger partial charge in [-0.05, 0) is 30.5 Å². The number of nitrogens with one attached hydrogen (secondary N) is 1. The summed E-state index contributed by atoms with van der Waals surface area (Å²) in [6, 6.07) is 9.48. The Morgan fingerprint density at radius 2 is 2.25 bits per heavy atom. The van der Waals surface area contributed by atoms with Crippen LogP contribution in [0.1, 0.15) is 26.4 Å². The van der Waals surface area contributed by atoms with Gasteiger partial charge in [-0.1, -0.05) is 29.5 Å². The summed E-state index contributed by atoms with van der Waals surface area (Å²) in [6.07, 6.45) is 0. The van der Waals surface area contributed by atoms with Gasteiger partial charge in [0.2, 0.25) is 0 Å². The van der Waals surface area contributed by atoms with E-state index in [-0.39, 0.29) is 5.91 Å². The molecule has 20 heavy (non-hydrogen) atoms. The number of carbonyl (C=O) groups is 1. The third-order valence-corrected chi connectivity index (χ3v) is 3.68. The van der Waals surface area contributed by atoms with Crippen LogP contribution in [0, 0.1) is 18.8 Å². The molecule has 0 atom stereocenters. The Morgan fingerprint density at radius 1 is 1.40 bits per heavy atom. The normalized spacial score (nSPS) is 9.70. The lowest BCUT2D eigenvalue weighted by molar-refractivity contribution is 0.0951. The van der Waals surface area contributed by atoms with Crippen LogP contribution in [-0.2, 0) is 6.54 Å². The van der Waals surface area contributed by atoms with E-state index in [1.54, 1.807) is 11.3 Å². The van der Waals surface area contributed by atoms with Crippen molar-refractivity contribution < 1.29 is 4.79 Å². The van der Waals surface area contributed by atoms with Gasteiger partial charge in [-0.3, -0.25) is 4.79 Å². The van der Waals surface area contributed by atoms with E-state index in [1.807, 2.05) is 42.6 Å². The maximum atomic E-state index is 12.1. The zero-order valence-electron chi connectivity index (χ0n) is 11.3. The van der Waals surface area contributed by atoms with Crippen LogP contribution in [0.2, 0.25) is 0 Å². The van der Waals surface area contributed by atoms with Gasteiger partial charge in [0.05, 0.1) is 13.1 Å². The second-order valence-electron chi connectivity index (χ2n) is 4.32. The highest BCUT2D eigenvalue weighted by atomic mass is 32.1. The van der Waals surface area contributed by atoms with Crippen LogP contribution in [0.3, 0.4) is 0 Å². The highest BCUT2D eigenvalue weighted by molar-refractivity contribution is 7.10. The topological polar surface area (TPSA) is 55.1 Å². The largest absolute Gasteiger partial charge is 0.347 e. The number of thiophene rings is 1. The van der Waals surface area contributed by atoms with Crippen molar-refractivity contribution in [2.75, 3.05) is 6.54 Å². The van der Waals surface area contributed by atoms with Crippen molar-refractivity contribution in [3.63, 3.8) is 0 Å². The summed E-state index contributed by atoms with van der Waals surface area (Å²) < 4.78 is 0. The van der Waals surface area contributed by atoms with E-state index in [1.165, 1.54) is 0 Å². The third-order valence-electron chi connectivity index (χ3n) is 2.76. The first kappa shape index (κ1) is 14.3. The summed E-state index contributed by atoms with van der Waals surface area (Å²) in [5, 5.41) is 4.88. The van der Waals surface area contributed by atoms with Gasteiger partial charge in [0.1, 0.15) is 0 Å². The van der Waals surface area contributed by atoms with Crippen LogP contribution in [0.4, 0.5) is 0 Å². The molecule has 4 heteroatoms. The Balaban J connectivity index is 2.02. The fourth-order valence-corrected chi connectivity index (χ4v) is 2.55. The monoisotopic (exact) mass is 284 g/mol. The van der Waals surface area contributed by atoms with E-state index in [0.717, 1.165) is 16.0 Å². The molecule has 0 saturated carbocycles. The Labute approximate surface area is 122 Å². The highest BCUT2D eigenvalue weighted by Gasteiger charge is 2.07. The van der Waals surface area contributed by atoms with E-state index in [9.17, 15) is 4.79 Å². The summed E-state index contributed by atoms with van der Waals surface area (Å²) in [6.45, 7) is 2.79. The molecule has 0 unspecified atom stereocenters. The predicted octanol–water partition coefficient (Wildman–Crippen LogP) is 2.30. The minimum atomic E-state index is -0.0696. The molecule has 0 saturated heterocycles. The molecule has 0 bridgehead atoms. The Morgan fingerprint density at radius 3 is 3.00 bits per heavy atom. The predicted molar refractivity (Wildman–Crippen MR) is 82.6 cm³/mol. The molecular formula is C16H16N2OS. The molecule has 0 aliphatic rings. The van der Waals surface area contributed by atoms with Gasteiger partial charge in [-0.15, -0.1) is 11.3 Å². The average molecular weight is 284 g/mol. The number of hydrogen-bond acceptors (Lipinski definition) is 3. The lowest BCUT2D eigenvalue weighted by Gasteiger charge is -2.05. The molecule has 1 aromatic heterocycles. The van der Waals surface area contributed by atoms with Crippen molar-refractivity contribution >= 4 is 17.2 Å². The first-order chi connectivity index (χ1) is 9.70. The number of nitrogens with two attached hydrogens (primary N) is 1. The van der Waals surface area contributed by atoms with Crippen molar-refractivity contribution in [2.45, 2.75) is 13.5 Å². The standard InChI is InChI=1S/C16H16N2OS/c1-12-4-2-5-14(10-12)16(19)18-11-15-13(6-3-8-17)7-9-20-15/h2,4-5,7,9-10H,8,11,17H2,1H3,(H,18,19). The molecule has 0 aliphatic heterocycles. The van der Waals surface area contributed by atoms with E-state index in [0.29, 0.717) is 18.7 Å². The number of benzene rings is 1. The highest BCUT2D eigenvalue weighted by Crippen LogP contribution is 2.15. The second kappa shape index (κ2) is 6.90. The zero-order valence-corrected chi connectivity index (χ0v) is 12.1. The van der Waals surface area contributed by atoms with Gasteiger partial charge in [-0.25, -0.2) is 0 Å². The number of rotatable bonds is 3. The number of carbonyl (C=O) groups excluding carboxylic acids is 1. The molecule has 2 aromatic rings. The van der Waals surface area contributed by atoms with Gasteiger partial charge < -0.3 is 11.1 Å². The third kappa shape index (κ3) is 3.70. The van der Waals surface area contributed by atoms with Crippen LogP contribution in [-0.4, -0.2) is 12.5 Å². The lowest BCUT2D eigenvalue weighted by atomic mass is 10.1. The summed E-state index contributed by atoms with van der Waals surface area (Å²) in [5.74, 6) is 5.77. The SMILES string of the molecule is Cc1cccc(C(=O)NCc2sccc2C#CCN)c1. The zero-order chi connectivity index (χ0) is 14.4. The summed E-state index contributed by atoms with van der Waals surface area (Å²) in [7, 11) is 0. The number of aryl methyl sites for hydroxylation is 1. The summed E-state index contributed by atoms with van der Waals surface area (Å²) >= 11 is 1.58. The first-order valence-electron chi connectivity index (χ1n) is 6.31. The van der Waals surface area contributed by atoms with Gasteiger partial charge in [0, 0.05) is 16.0 Å². The first-order valence-corrected chi connectivity index (χ1v) is 7.19.